The molecule has 0 radical (unpaired) electrons. The highest BCUT2D eigenvalue weighted by atomic mass is 19.1. The molecule has 4 nitrogen and oxygen atoms in total. The number of hydrogen-bond donors (Lipinski definition) is 1. The highest BCUT2D eigenvalue weighted by Gasteiger charge is 2.21. The highest BCUT2D eigenvalue weighted by molar-refractivity contribution is 5.95. The van der Waals surface area contributed by atoms with Crippen molar-refractivity contribution in [1.29, 1.82) is 0 Å². The van der Waals surface area contributed by atoms with Crippen LogP contribution in [0.1, 0.15) is 22.3 Å². The van der Waals surface area contributed by atoms with E-state index in [4.69, 9.17) is 10.5 Å². The summed E-state index contributed by atoms with van der Waals surface area (Å²) >= 11 is 0. The van der Waals surface area contributed by atoms with E-state index < -0.39 is 5.82 Å². The van der Waals surface area contributed by atoms with Gasteiger partial charge in [0.2, 0.25) is 0 Å². The van der Waals surface area contributed by atoms with Crippen molar-refractivity contribution in [3.63, 3.8) is 0 Å². The fourth-order valence-corrected chi connectivity index (χ4v) is 2.07. The molecule has 2 rings (SSSR count). The molecule has 1 aromatic rings. The third-order valence-electron chi connectivity index (χ3n) is 3.02. The van der Waals surface area contributed by atoms with Gasteiger partial charge in [-0.25, -0.2) is 4.39 Å². The van der Waals surface area contributed by atoms with Crippen LogP contribution in [0.25, 0.3) is 0 Å². The molecule has 98 valence electrons. The van der Waals surface area contributed by atoms with Crippen LogP contribution in [0.4, 0.5) is 10.1 Å². The van der Waals surface area contributed by atoms with E-state index in [-0.39, 0.29) is 11.5 Å². The van der Waals surface area contributed by atoms with E-state index in [0.717, 1.165) is 6.42 Å². The number of nitrogens with two attached hydrogens (primary N) is 1. The van der Waals surface area contributed by atoms with Gasteiger partial charge in [-0.1, -0.05) is 0 Å². The maximum absolute atomic E-state index is 14.0. The number of rotatable bonds is 1. The average molecular weight is 252 g/mol. The van der Waals surface area contributed by atoms with E-state index in [1.165, 1.54) is 12.1 Å². The summed E-state index contributed by atoms with van der Waals surface area (Å²) < 4.78 is 19.2. The Balaban J connectivity index is 2.27. The minimum absolute atomic E-state index is 0.0504. The summed E-state index contributed by atoms with van der Waals surface area (Å²) in [5, 5.41) is 0. The molecule has 0 aliphatic carbocycles. The number of carbonyl (C=O) groups is 1. The lowest BCUT2D eigenvalue weighted by Crippen LogP contribution is -2.34. The molecule has 0 unspecified atom stereocenters. The van der Waals surface area contributed by atoms with Crippen molar-refractivity contribution in [3.05, 3.63) is 29.1 Å². The molecule has 18 heavy (non-hydrogen) atoms. The van der Waals surface area contributed by atoms with E-state index in [1.54, 1.807) is 11.8 Å². The number of nitrogen functional groups attached to an aromatic ring is 1. The molecule has 1 heterocycles. The second-order valence-electron chi connectivity index (χ2n) is 4.46. The molecule has 1 aliphatic rings. The number of nitrogens with zero attached hydrogens (tertiary/aromatic N) is 1. The van der Waals surface area contributed by atoms with Crippen molar-refractivity contribution in [1.82, 2.24) is 4.90 Å². The maximum atomic E-state index is 14.0. The first-order valence-electron chi connectivity index (χ1n) is 6.02. The Morgan fingerprint density at radius 2 is 2.17 bits per heavy atom. The Hall–Kier alpha value is -1.62. The third kappa shape index (κ3) is 2.61. The van der Waals surface area contributed by atoms with Crippen molar-refractivity contribution < 1.29 is 13.9 Å². The van der Waals surface area contributed by atoms with Gasteiger partial charge >= 0.3 is 0 Å². The molecule has 2 N–H and O–H groups in total. The lowest BCUT2D eigenvalue weighted by atomic mass is 10.1. The number of amides is 1. The van der Waals surface area contributed by atoms with E-state index in [0.29, 0.717) is 37.6 Å². The molecule has 1 aromatic carbocycles. The van der Waals surface area contributed by atoms with Gasteiger partial charge < -0.3 is 15.4 Å². The van der Waals surface area contributed by atoms with Crippen LogP contribution in [-0.2, 0) is 4.74 Å². The van der Waals surface area contributed by atoms with E-state index in [9.17, 15) is 9.18 Å². The van der Waals surface area contributed by atoms with Gasteiger partial charge in [-0.2, -0.15) is 0 Å². The summed E-state index contributed by atoms with van der Waals surface area (Å²) in [5.41, 5.74) is 6.51. The number of ether oxygens (including phenoxy) is 1. The SMILES string of the molecule is Cc1cc(N)cc(C(=O)N2CCCOCC2)c1F. The van der Waals surface area contributed by atoms with E-state index in [2.05, 4.69) is 0 Å². The molecule has 0 saturated carbocycles. The Labute approximate surface area is 106 Å². The van der Waals surface area contributed by atoms with Gasteiger partial charge in [0, 0.05) is 25.4 Å². The van der Waals surface area contributed by atoms with Gasteiger partial charge in [0.25, 0.3) is 5.91 Å². The first-order valence-corrected chi connectivity index (χ1v) is 6.02. The minimum Gasteiger partial charge on any atom is -0.399 e. The van der Waals surface area contributed by atoms with Gasteiger partial charge in [-0.15, -0.1) is 0 Å². The zero-order valence-corrected chi connectivity index (χ0v) is 10.4. The predicted molar refractivity (Wildman–Crippen MR) is 66.9 cm³/mol. The van der Waals surface area contributed by atoms with Crippen LogP contribution in [0.15, 0.2) is 12.1 Å². The van der Waals surface area contributed by atoms with Crippen LogP contribution in [-0.4, -0.2) is 37.1 Å². The smallest absolute Gasteiger partial charge is 0.256 e. The van der Waals surface area contributed by atoms with Crippen LogP contribution in [0.5, 0.6) is 0 Å². The Bertz CT molecular complexity index is 455. The molecule has 0 atom stereocenters. The van der Waals surface area contributed by atoms with Crippen LogP contribution in [0.3, 0.4) is 0 Å². The van der Waals surface area contributed by atoms with Crippen molar-refractivity contribution >= 4 is 11.6 Å². The van der Waals surface area contributed by atoms with Gasteiger partial charge in [-0.3, -0.25) is 4.79 Å². The second-order valence-corrected chi connectivity index (χ2v) is 4.46. The molecule has 1 amide bonds. The normalized spacial score (nSPS) is 16.4. The number of aryl methyl sites for hydroxylation is 1. The molecule has 5 heteroatoms. The van der Waals surface area contributed by atoms with Gasteiger partial charge in [-0.05, 0) is 31.0 Å². The van der Waals surface area contributed by atoms with Crippen molar-refractivity contribution in [2.24, 2.45) is 0 Å². The number of anilines is 1. The summed E-state index contributed by atoms with van der Waals surface area (Å²) in [7, 11) is 0. The maximum Gasteiger partial charge on any atom is 0.256 e. The number of carbonyl (C=O) groups excluding carboxylic acids is 1. The van der Waals surface area contributed by atoms with Crippen molar-refractivity contribution in [2.75, 3.05) is 32.0 Å². The Kier molecular flexibility index (Phi) is 3.81. The molecule has 1 fully saturated rings. The van der Waals surface area contributed by atoms with Crippen LogP contribution in [0, 0.1) is 12.7 Å². The summed E-state index contributed by atoms with van der Waals surface area (Å²) in [6, 6.07) is 2.92. The van der Waals surface area contributed by atoms with Crippen LogP contribution >= 0.6 is 0 Å². The number of benzene rings is 1. The molecular weight excluding hydrogens is 235 g/mol. The highest BCUT2D eigenvalue weighted by Crippen LogP contribution is 2.19. The van der Waals surface area contributed by atoms with E-state index >= 15 is 0 Å². The zero-order valence-electron chi connectivity index (χ0n) is 10.4. The molecule has 0 aromatic heterocycles. The fraction of sp³-hybridized carbons (Fsp3) is 0.462. The Morgan fingerprint density at radius 1 is 1.39 bits per heavy atom. The van der Waals surface area contributed by atoms with Gasteiger partial charge in [0.05, 0.1) is 12.2 Å². The molecule has 0 spiro atoms. The first-order chi connectivity index (χ1) is 8.59. The Morgan fingerprint density at radius 3 is 2.94 bits per heavy atom. The lowest BCUT2D eigenvalue weighted by Gasteiger charge is -2.20. The molecule has 1 aliphatic heterocycles. The summed E-state index contributed by atoms with van der Waals surface area (Å²) in [4.78, 5) is 13.9. The predicted octanol–water partition coefficient (Wildman–Crippen LogP) is 1.58. The summed E-state index contributed by atoms with van der Waals surface area (Å²) in [6.07, 6.45) is 0.772. The van der Waals surface area contributed by atoms with Gasteiger partial charge in [0.15, 0.2) is 0 Å². The minimum atomic E-state index is -0.487. The summed E-state index contributed by atoms with van der Waals surface area (Å²) in [5.74, 6) is -0.798. The van der Waals surface area contributed by atoms with Crippen molar-refractivity contribution in [2.45, 2.75) is 13.3 Å². The molecule has 1 saturated heterocycles. The monoisotopic (exact) mass is 252 g/mol. The largest absolute Gasteiger partial charge is 0.399 e. The van der Waals surface area contributed by atoms with E-state index in [1.807, 2.05) is 0 Å². The van der Waals surface area contributed by atoms with Crippen LogP contribution in [0.2, 0.25) is 0 Å². The van der Waals surface area contributed by atoms with Crippen molar-refractivity contribution in [3.8, 4) is 0 Å². The van der Waals surface area contributed by atoms with Gasteiger partial charge in [0.1, 0.15) is 5.82 Å². The quantitative estimate of drug-likeness (QED) is 0.772. The molecular formula is C13H17FN2O2. The van der Waals surface area contributed by atoms with Crippen LogP contribution < -0.4 is 5.73 Å². The third-order valence-corrected chi connectivity index (χ3v) is 3.02. The molecule has 0 bridgehead atoms. The first kappa shape index (κ1) is 12.8. The fourth-order valence-electron chi connectivity index (χ4n) is 2.07. The standard InChI is InChI=1S/C13H17FN2O2/c1-9-7-10(15)8-11(12(9)14)13(17)16-3-2-5-18-6-4-16/h7-8H,2-6,15H2,1H3. The number of halogens is 1. The zero-order chi connectivity index (χ0) is 13.1. The lowest BCUT2D eigenvalue weighted by molar-refractivity contribution is 0.0736. The second kappa shape index (κ2) is 5.35. The topological polar surface area (TPSA) is 55.6 Å². The summed E-state index contributed by atoms with van der Waals surface area (Å²) in [6.45, 7) is 3.82. The number of hydrogen-bond acceptors (Lipinski definition) is 3. The average Bonchev–Trinajstić information content (AvgIpc) is 2.61.